The Morgan fingerprint density at radius 2 is 1.96 bits per heavy atom. The van der Waals surface area contributed by atoms with Crippen LogP contribution in [0.2, 0.25) is 5.02 Å². The van der Waals surface area contributed by atoms with E-state index in [4.69, 9.17) is 21.1 Å². The maximum absolute atomic E-state index is 12.1. The Bertz CT molecular complexity index is 598. The van der Waals surface area contributed by atoms with Crippen molar-refractivity contribution in [3.05, 3.63) is 22.7 Å². The zero-order valence-electron chi connectivity index (χ0n) is 14.4. The Morgan fingerprint density at radius 3 is 2.67 bits per heavy atom. The van der Waals surface area contributed by atoms with Crippen LogP contribution in [0, 0.1) is 5.92 Å². The molecule has 132 valence electrons. The predicted molar refractivity (Wildman–Crippen MR) is 93.8 cm³/mol. The smallest absolute Gasteiger partial charge is 0.225 e. The van der Waals surface area contributed by atoms with Crippen molar-refractivity contribution < 1.29 is 14.3 Å². The Hall–Kier alpha value is -1.46. The van der Waals surface area contributed by atoms with Gasteiger partial charge in [0.25, 0.3) is 0 Å². The molecule has 1 fully saturated rings. The molecule has 5 nitrogen and oxygen atoms in total. The van der Waals surface area contributed by atoms with Crippen LogP contribution in [0.1, 0.15) is 24.8 Å². The van der Waals surface area contributed by atoms with Crippen LogP contribution in [0.5, 0.6) is 11.5 Å². The Kier molecular flexibility index (Phi) is 5.51. The van der Waals surface area contributed by atoms with Crippen molar-refractivity contribution in [3.63, 3.8) is 0 Å². The van der Waals surface area contributed by atoms with E-state index < -0.39 is 0 Å². The minimum atomic E-state index is 0.156. The Balaban J connectivity index is 1.62. The van der Waals surface area contributed by atoms with Gasteiger partial charge in [0.05, 0.1) is 18.2 Å². The highest BCUT2D eigenvalue weighted by atomic mass is 35.5. The van der Waals surface area contributed by atoms with Crippen molar-refractivity contribution in [2.75, 3.05) is 40.4 Å². The number of nitrogens with zero attached hydrogens (tertiary/aromatic N) is 2. The van der Waals surface area contributed by atoms with E-state index in [1.54, 1.807) is 4.90 Å². The standard InChI is InChI=1S/C18H25ClN2O3/c1-20(2)18(22)14-4-6-21(7-5-14)12-13-10-15(19)17-16(11-13)23-8-3-9-24-17/h10-11,14H,3-9,12H2,1-2H3. The molecule has 24 heavy (non-hydrogen) atoms. The molecule has 6 heteroatoms. The van der Waals surface area contributed by atoms with E-state index in [0.717, 1.165) is 50.2 Å². The normalized spacial score (nSPS) is 19.0. The number of likely N-dealkylation sites (tertiary alicyclic amines) is 1. The number of ether oxygens (including phenoxy) is 2. The highest BCUT2D eigenvalue weighted by Gasteiger charge is 2.26. The number of halogens is 1. The van der Waals surface area contributed by atoms with Gasteiger partial charge in [-0.3, -0.25) is 9.69 Å². The summed E-state index contributed by atoms with van der Waals surface area (Å²) in [7, 11) is 3.66. The van der Waals surface area contributed by atoms with Crippen molar-refractivity contribution in [1.29, 1.82) is 0 Å². The molecule has 0 spiro atoms. The second kappa shape index (κ2) is 7.62. The fourth-order valence-corrected chi connectivity index (χ4v) is 3.62. The summed E-state index contributed by atoms with van der Waals surface area (Å²) in [5, 5.41) is 0.613. The Morgan fingerprint density at radius 1 is 1.25 bits per heavy atom. The van der Waals surface area contributed by atoms with Gasteiger partial charge in [0.2, 0.25) is 5.91 Å². The summed E-state index contributed by atoms with van der Waals surface area (Å²) in [6, 6.07) is 4.00. The first-order chi connectivity index (χ1) is 11.5. The average molecular weight is 353 g/mol. The molecule has 0 atom stereocenters. The third-order valence-corrected chi connectivity index (χ3v) is 4.93. The van der Waals surface area contributed by atoms with Crippen LogP contribution in [0.15, 0.2) is 12.1 Å². The minimum Gasteiger partial charge on any atom is -0.489 e. The zero-order valence-corrected chi connectivity index (χ0v) is 15.1. The second-order valence-electron chi connectivity index (χ2n) is 6.74. The topological polar surface area (TPSA) is 42.0 Å². The van der Waals surface area contributed by atoms with E-state index in [0.29, 0.717) is 24.0 Å². The minimum absolute atomic E-state index is 0.156. The molecule has 0 unspecified atom stereocenters. The molecule has 2 aliphatic heterocycles. The highest BCUT2D eigenvalue weighted by Crippen LogP contribution is 2.38. The van der Waals surface area contributed by atoms with Crippen LogP contribution >= 0.6 is 11.6 Å². The van der Waals surface area contributed by atoms with Gasteiger partial charge >= 0.3 is 0 Å². The first kappa shape index (κ1) is 17.4. The maximum atomic E-state index is 12.1. The van der Waals surface area contributed by atoms with E-state index in [9.17, 15) is 4.79 Å². The zero-order chi connectivity index (χ0) is 17.1. The quantitative estimate of drug-likeness (QED) is 0.839. The monoisotopic (exact) mass is 352 g/mol. The SMILES string of the molecule is CN(C)C(=O)C1CCN(Cc2cc(Cl)c3c(c2)OCCCO3)CC1. The molecule has 0 aliphatic carbocycles. The highest BCUT2D eigenvalue weighted by molar-refractivity contribution is 6.32. The molecular weight excluding hydrogens is 328 g/mol. The van der Waals surface area contributed by atoms with E-state index in [2.05, 4.69) is 4.90 Å². The summed E-state index contributed by atoms with van der Waals surface area (Å²) >= 11 is 6.36. The van der Waals surface area contributed by atoms with Gasteiger partial charge in [-0.25, -0.2) is 0 Å². The fraction of sp³-hybridized carbons (Fsp3) is 0.611. The Labute approximate surface area is 148 Å². The summed E-state index contributed by atoms with van der Waals surface area (Å²) < 4.78 is 11.4. The number of fused-ring (bicyclic) bond motifs is 1. The summed E-state index contributed by atoms with van der Waals surface area (Å²) in [6.45, 7) is 3.97. The molecular formula is C18H25ClN2O3. The van der Waals surface area contributed by atoms with Crippen molar-refractivity contribution >= 4 is 17.5 Å². The van der Waals surface area contributed by atoms with Crippen LogP contribution in [0.4, 0.5) is 0 Å². The number of benzene rings is 1. The van der Waals surface area contributed by atoms with Gasteiger partial charge in [-0.1, -0.05) is 11.6 Å². The van der Waals surface area contributed by atoms with Crippen LogP contribution in [-0.4, -0.2) is 56.1 Å². The molecule has 1 aromatic rings. The molecule has 1 saturated heterocycles. The molecule has 0 radical (unpaired) electrons. The third kappa shape index (κ3) is 3.95. The number of rotatable bonds is 3. The molecule has 0 aromatic heterocycles. The van der Waals surface area contributed by atoms with Gasteiger partial charge in [0, 0.05) is 33.0 Å². The molecule has 2 heterocycles. The lowest BCUT2D eigenvalue weighted by atomic mass is 9.95. The summed E-state index contributed by atoms with van der Waals surface area (Å²) in [4.78, 5) is 16.1. The van der Waals surface area contributed by atoms with Gasteiger partial charge in [0.15, 0.2) is 11.5 Å². The maximum Gasteiger partial charge on any atom is 0.225 e. The molecule has 0 bridgehead atoms. The van der Waals surface area contributed by atoms with Crippen LogP contribution in [-0.2, 0) is 11.3 Å². The van der Waals surface area contributed by atoms with Gasteiger partial charge < -0.3 is 14.4 Å². The number of hydrogen-bond donors (Lipinski definition) is 0. The van der Waals surface area contributed by atoms with E-state index in [1.807, 2.05) is 26.2 Å². The third-order valence-electron chi connectivity index (χ3n) is 4.65. The molecule has 0 N–H and O–H groups in total. The number of carbonyl (C=O) groups excluding carboxylic acids is 1. The number of carbonyl (C=O) groups is 1. The predicted octanol–water partition coefficient (Wildman–Crippen LogP) is 2.80. The van der Waals surface area contributed by atoms with Crippen LogP contribution < -0.4 is 9.47 Å². The van der Waals surface area contributed by atoms with Crippen LogP contribution in [0.3, 0.4) is 0 Å². The number of hydrogen-bond acceptors (Lipinski definition) is 4. The van der Waals surface area contributed by atoms with E-state index >= 15 is 0 Å². The van der Waals surface area contributed by atoms with Gasteiger partial charge in [-0.15, -0.1) is 0 Å². The summed E-state index contributed by atoms with van der Waals surface area (Å²) in [5.41, 5.74) is 1.13. The summed E-state index contributed by atoms with van der Waals surface area (Å²) in [5.74, 6) is 1.80. The van der Waals surface area contributed by atoms with E-state index in [1.165, 1.54) is 0 Å². The lowest BCUT2D eigenvalue weighted by Crippen LogP contribution is -2.39. The second-order valence-corrected chi connectivity index (χ2v) is 7.15. The van der Waals surface area contributed by atoms with Gasteiger partial charge in [-0.2, -0.15) is 0 Å². The molecule has 3 rings (SSSR count). The molecule has 1 amide bonds. The first-order valence-corrected chi connectivity index (χ1v) is 8.94. The van der Waals surface area contributed by atoms with Crippen molar-refractivity contribution in [3.8, 4) is 11.5 Å². The molecule has 1 aromatic carbocycles. The fourth-order valence-electron chi connectivity index (χ4n) is 3.34. The van der Waals surface area contributed by atoms with Crippen molar-refractivity contribution in [2.45, 2.75) is 25.8 Å². The van der Waals surface area contributed by atoms with Crippen molar-refractivity contribution in [2.24, 2.45) is 5.92 Å². The van der Waals surface area contributed by atoms with E-state index in [-0.39, 0.29) is 11.8 Å². The van der Waals surface area contributed by atoms with Gasteiger partial charge in [0.1, 0.15) is 0 Å². The van der Waals surface area contributed by atoms with Gasteiger partial charge in [-0.05, 0) is 43.6 Å². The largest absolute Gasteiger partial charge is 0.489 e. The molecule has 2 aliphatic rings. The van der Waals surface area contributed by atoms with Crippen molar-refractivity contribution in [1.82, 2.24) is 9.80 Å². The lowest BCUT2D eigenvalue weighted by Gasteiger charge is -2.32. The lowest BCUT2D eigenvalue weighted by molar-refractivity contribution is -0.134. The number of amides is 1. The molecule has 0 saturated carbocycles. The summed E-state index contributed by atoms with van der Waals surface area (Å²) in [6.07, 6.45) is 2.69. The first-order valence-electron chi connectivity index (χ1n) is 8.56. The number of piperidine rings is 1. The average Bonchev–Trinajstić information content (AvgIpc) is 2.80. The van der Waals surface area contributed by atoms with Crippen LogP contribution in [0.25, 0.3) is 0 Å².